The standard InChI is InChI=1S/C14H28N2O/c1-12(2)8-15-9-13-5-6-16(10-13)14-4-3-7-17-11-14/h12-15H,3-11H2,1-2H3. The molecule has 0 bridgehead atoms. The second-order valence-electron chi connectivity index (χ2n) is 6.07. The van der Waals surface area contributed by atoms with Gasteiger partial charge in [0.2, 0.25) is 0 Å². The van der Waals surface area contributed by atoms with E-state index in [1.165, 1.54) is 38.9 Å². The Balaban J connectivity index is 1.64. The van der Waals surface area contributed by atoms with E-state index in [-0.39, 0.29) is 0 Å². The minimum absolute atomic E-state index is 0.707. The summed E-state index contributed by atoms with van der Waals surface area (Å²) < 4.78 is 5.59. The van der Waals surface area contributed by atoms with Crippen molar-refractivity contribution >= 4 is 0 Å². The molecule has 2 atom stereocenters. The van der Waals surface area contributed by atoms with Crippen molar-refractivity contribution in [2.45, 2.75) is 39.2 Å². The molecule has 2 aliphatic heterocycles. The molecule has 3 nitrogen and oxygen atoms in total. The van der Waals surface area contributed by atoms with Crippen LogP contribution in [0.15, 0.2) is 0 Å². The van der Waals surface area contributed by atoms with Gasteiger partial charge in [-0.25, -0.2) is 0 Å². The Labute approximate surface area is 106 Å². The zero-order valence-electron chi connectivity index (χ0n) is 11.5. The maximum absolute atomic E-state index is 5.59. The van der Waals surface area contributed by atoms with Crippen LogP contribution in [0.2, 0.25) is 0 Å². The zero-order valence-corrected chi connectivity index (χ0v) is 11.5. The first-order valence-electron chi connectivity index (χ1n) is 7.28. The Hall–Kier alpha value is -0.120. The number of hydrogen-bond donors (Lipinski definition) is 1. The van der Waals surface area contributed by atoms with E-state index in [4.69, 9.17) is 4.74 Å². The lowest BCUT2D eigenvalue weighted by Crippen LogP contribution is -2.40. The molecule has 0 amide bonds. The van der Waals surface area contributed by atoms with Crippen LogP contribution in [0.1, 0.15) is 33.1 Å². The minimum atomic E-state index is 0.707. The van der Waals surface area contributed by atoms with Crippen LogP contribution in [0.5, 0.6) is 0 Å². The molecule has 0 aromatic heterocycles. The molecule has 3 heteroatoms. The van der Waals surface area contributed by atoms with Crippen molar-refractivity contribution in [2.24, 2.45) is 11.8 Å². The van der Waals surface area contributed by atoms with E-state index in [0.29, 0.717) is 6.04 Å². The van der Waals surface area contributed by atoms with Crippen LogP contribution in [0.3, 0.4) is 0 Å². The second kappa shape index (κ2) is 6.72. The first-order valence-corrected chi connectivity index (χ1v) is 7.28. The molecule has 2 rings (SSSR count). The average molecular weight is 240 g/mol. The smallest absolute Gasteiger partial charge is 0.0621 e. The number of likely N-dealkylation sites (tertiary alicyclic amines) is 1. The Morgan fingerprint density at radius 2 is 2.24 bits per heavy atom. The molecule has 17 heavy (non-hydrogen) atoms. The molecule has 2 unspecified atom stereocenters. The molecule has 2 aliphatic rings. The number of hydrogen-bond acceptors (Lipinski definition) is 3. The quantitative estimate of drug-likeness (QED) is 0.792. The van der Waals surface area contributed by atoms with Crippen molar-refractivity contribution in [3.8, 4) is 0 Å². The SMILES string of the molecule is CC(C)CNCC1CCN(C2CCCOC2)C1. The minimum Gasteiger partial charge on any atom is -0.380 e. The second-order valence-corrected chi connectivity index (χ2v) is 6.07. The molecular formula is C14H28N2O. The fourth-order valence-electron chi connectivity index (χ4n) is 2.95. The molecular weight excluding hydrogens is 212 g/mol. The molecule has 2 saturated heterocycles. The first-order chi connectivity index (χ1) is 8.25. The van der Waals surface area contributed by atoms with Crippen LogP contribution in [0.4, 0.5) is 0 Å². The number of nitrogens with zero attached hydrogens (tertiary/aromatic N) is 1. The highest BCUT2D eigenvalue weighted by Crippen LogP contribution is 2.22. The predicted octanol–water partition coefficient (Wildman–Crippen LogP) is 1.73. The van der Waals surface area contributed by atoms with Crippen LogP contribution < -0.4 is 5.32 Å². The molecule has 100 valence electrons. The fraction of sp³-hybridized carbons (Fsp3) is 1.00. The lowest BCUT2D eigenvalue weighted by molar-refractivity contribution is 0.0255. The summed E-state index contributed by atoms with van der Waals surface area (Å²) in [6, 6.07) is 0.707. The summed E-state index contributed by atoms with van der Waals surface area (Å²) >= 11 is 0. The van der Waals surface area contributed by atoms with E-state index in [1.807, 2.05) is 0 Å². The van der Waals surface area contributed by atoms with Gasteiger partial charge in [-0.3, -0.25) is 4.90 Å². The Morgan fingerprint density at radius 1 is 1.35 bits per heavy atom. The van der Waals surface area contributed by atoms with Crippen LogP contribution in [-0.4, -0.2) is 50.3 Å². The first kappa shape index (κ1) is 13.3. The van der Waals surface area contributed by atoms with Crippen molar-refractivity contribution < 1.29 is 4.74 Å². The topological polar surface area (TPSA) is 24.5 Å². The molecule has 0 spiro atoms. The van der Waals surface area contributed by atoms with Gasteiger partial charge in [0.15, 0.2) is 0 Å². The highest BCUT2D eigenvalue weighted by atomic mass is 16.5. The molecule has 0 aliphatic carbocycles. The van der Waals surface area contributed by atoms with Crippen molar-refractivity contribution in [3.05, 3.63) is 0 Å². The zero-order chi connectivity index (χ0) is 12.1. The van der Waals surface area contributed by atoms with E-state index in [0.717, 1.165) is 31.6 Å². The van der Waals surface area contributed by atoms with Crippen molar-refractivity contribution in [3.63, 3.8) is 0 Å². The highest BCUT2D eigenvalue weighted by Gasteiger charge is 2.29. The number of nitrogens with one attached hydrogen (secondary N) is 1. The Kier molecular flexibility index (Phi) is 5.26. The summed E-state index contributed by atoms with van der Waals surface area (Å²) in [6.45, 7) is 11.4. The van der Waals surface area contributed by atoms with Gasteiger partial charge in [0.25, 0.3) is 0 Å². The third-order valence-corrected chi connectivity index (χ3v) is 3.96. The van der Waals surface area contributed by atoms with Crippen molar-refractivity contribution in [2.75, 3.05) is 39.4 Å². The van der Waals surface area contributed by atoms with Gasteiger partial charge in [-0.15, -0.1) is 0 Å². The summed E-state index contributed by atoms with van der Waals surface area (Å²) in [7, 11) is 0. The van der Waals surface area contributed by atoms with Gasteiger partial charge in [-0.1, -0.05) is 13.8 Å². The van der Waals surface area contributed by atoms with Gasteiger partial charge in [0.1, 0.15) is 0 Å². The highest BCUT2D eigenvalue weighted by molar-refractivity contribution is 4.83. The third-order valence-electron chi connectivity index (χ3n) is 3.96. The summed E-state index contributed by atoms with van der Waals surface area (Å²) in [6.07, 6.45) is 3.95. The molecule has 0 radical (unpaired) electrons. The molecule has 2 heterocycles. The summed E-state index contributed by atoms with van der Waals surface area (Å²) in [5, 5.41) is 3.59. The largest absolute Gasteiger partial charge is 0.380 e. The fourth-order valence-corrected chi connectivity index (χ4v) is 2.95. The molecule has 2 fully saturated rings. The third kappa shape index (κ3) is 4.23. The normalized spacial score (nSPS) is 31.2. The lowest BCUT2D eigenvalue weighted by Gasteiger charge is -2.31. The maximum Gasteiger partial charge on any atom is 0.0621 e. The average Bonchev–Trinajstić information content (AvgIpc) is 2.78. The maximum atomic E-state index is 5.59. The summed E-state index contributed by atoms with van der Waals surface area (Å²) in [5.74, 6) is 1.62. The molecule has 0 aromatic carbocycles. The summed E-state index contributed by atoms with van der Waals surface area (Å²) in [5.41, 5.74) is 0. The van der Waals surface area contributed by atoms with E-state index >= 15 is 0 Å². The van der Waals surface area contributed by atoms with Crippen molar-refractivity contribution in [1.82, 2.24) is 10.2 Å². The van der Waals surface area contributed by atoms with E-state index in [9.17, 15) is 0 Å². The van der Waals surface area contributed by atoms with Crippen LogP contribution >= 0.6 is 0 Å². The van der Waals surface area contributed by atoms with Gasteiger partial charge >= 0.3 is 0 Å². The predicted molar refractivity (Wildman–Crippen MR) is 71.2 cm³/mol. The van der Waals surface area contributed by atoms with Gasteiger partial charge in [0.05, 0.1) is 6.61 Å². The monoisotopic (exact) mass is 240 g/mol. The van der Waals surface area contributed by atoms with E-state index < -0.39 is 0 Å². The number of rotatable bonds is 5. The molecule has 0 aromatic rings. The van der Waals surface area contributed by atoms with Crippen LogP contribution in [-0.2, 0) is 4.74 Å². The van der Waals surface area contributed by atoms with Gasteiger partial charge in [0, 0.05) is 19.2 Å². The molecule has 1 N–H and O–H groups in total. The lowest BCUT2D eigenvalue weighted by atomic mass is 10.1. The van der Waals surface area contributed by atoms with E-state index in [2.05, 4.69) is 24.1 Å². The summed E-state index contributed by atoms with van der Waals surface area (Å²) in [4.78, 5) is 2.65. The van der Waals surface area contributed by atoms with E-state index in [1.54, 1.807) is 0 Å². The Bertz CT molecular complexity index is 214. The number of ether oxygens (including phenoxy) is 1. The van der Waals surface area contributed by atoms with Crippen molar-refractivity contribution in [1.29, 1.82) is 0 Å². The van der Waals surface area contributed by atoms with Crippen LogP contribution in [0, 0.1) is 11.8 Å². The van der Waals surface area contributed by atoms with Gasteiger partial charge < -0.3 is 10.1 Å². The molecule has 0 saturated carbocycles. The van der Waals surface area contributed by atoms with Gasteiger partial charge in [-0.2, -0.15) is 0 Å². The Morgan fingerprint density at radius 3 is 2.94 bits per heavy atom. The van der Waals surface area contributed by atoms with Crippen LogP contribution in [0.25, 0.3) is 0 Å². The van der Waals surface area contributed by atoms with Gasteiger partial charge in [-0.05, 0) is 50.7 Å².